The van der Waals surface area contributed by atoms with Crippen molar-refractivity contribution in [2.45, 2.75) is 44.4 Å². The van der Waals surface area contributed by atoms with Crippen LogP contribution in [0, 0.1) is 5.92 Å². The lowest BCUT2D eigenvalue weighted by atomic mass is 9.92. The van der Waals surface area contributed by atoms with Crippen LogP contribution in [0.15, 0.2) is 0 Å². The second-order valence-electron chi connectivity index (χ2n) is 5.46. The average molecular weight is 256 g/mol. The maximum Gasteiger partial charge on any atom is 0.239 e. The summed E-state index contributed by atoms with van der Waals surface area (Å²) in [6, 6.07) is -0.0851. The molecule has 2 fully saturated rings. The van der Waals surface area contributed by atoms with Gasteiger partial charge in [-0.3, -0.25) is 4.79 Å². The van der Waals surface area contributed by atoms with Gasteiger partial charge in [-0.25, -0.2) is 0 Å². The molecule has 2 rings (SSSR count). The van der Waals surface area contributed by atoms with Gasteiger partial charge in [-0.15, -0.1) is 0 Å². The summed E-state index contributed by atoms with van der Waals surface area (Å²) in [5, 5.41) is 12.8. The number of methoxy groups -OCH3 is 1. The van der Waals surface area contributed by atoms with E-state index in [1.54, 1.807) is 7.11 Å². The third-order valence-corrected chi connectivity index (χ3v) is 4.26. The SMILES string of the molecule is COC1CNC(C(=O)N2CCC(C(C)O)CC2)C1. The van der Waals surface area contributed by atoms with Crippen molar-refractivity contribution < 1.29 is 14.6 Å². The summed E-state index contributed by atoms with van der Waals surface area (Å²) in [7, 11) is 1.69. The number of ether oxygens (including phenoxy) is 1. The van der Waals surface area contributed by atoms with Gasteiger partial charge in [0, 0.05) is 26.7 Å². The fraction of sp³-hybridized carbons (Fsp3) is 0.923. The van der Waals surface area contributed by atoms with E-state index in [-0.39, 0.29) is 24.2 Å². The summed E-state index contributed by atoms with van der Waals surface area (Å²) in [6.45, 7) is 4.13. The smallest absolute Gasteiger partial charge is 0.239 e. The molecule has 0 aromatic heterocycles. The molecule has 0 aromatic rings. The summed E-state index contributed by atoms with van der Waals surface area (Å²) in [4.78, 5) is 14.2. The number of aliphatic hydroxyl groups excluding tert-OH is 1. The Bertz CT molecular complexity index is 288. The van der Waals surface area contributed by atoms with Gasteiger partial charge >= 0.3 is 0 Å². The number of piperidine rings is 1. The minimum absolute atomic E-state index is 0.0851. The first-order valence-electron chi connectivity index (χ1n) is 6.85. The van der Waals surface area contributed by atoms with Gasteiger partial charge in [-0.2, -0.15) is 0 Å². The van der Waals surface area contributed by atoms with Crippen molar-refractivity contribution in [3.63, 3.8) is 0 Å². The molecule has 18 heavy (non-hydrogen) atoms. The van der Waals surface area contributed by atoms with Crippen molar-refractivity contribution in [3.05, 3.63) is 0 Å². The topological polar surface area (TPSA) is 61.8 Å². The minimum atomic E-state index is -0.260. The molecular weight excluding hydrogens is 232 g/mol. The molecule has 3 unspecified atom stereocenters. The summed E-state index contributed by atoms with van der Waals surface area (Å²) >= 11 is 0. The van der Waals surface area contributed by atoms with Crippen LogP contribution in [0.25, 0.3) is 0 Å². The minimum Gasteiger partial charge on any atom is -0.393 e. The van der Waals surface area contributed by atoms with Crippen LogP contribution in [0.2, 0.25) is 0 Å². The Morgan fingerprint density at radius 3 is 2.61 bits per heavy atom. The molecule has 2 aliphatic rings. The molecule has 5 nitrogen and oxygen atoms in total. The first-order chi connectivity index (χ1) is 8.61. The standard InChI is InChI=1S/C13H24N2O3/c1-9(16)10-3-5-15(6-4-10)13(17)12-7-11(18-2)8-14-12/h9-12,14,16H,3-8H2,1-2H3. The molecule has 0 spiro atoms. The van der Waals surface area contributed by atoms with Crippen molar-refractivity contribution in [3.8, 4) is 0 Å². The molecule has 0 radical (unpaired) electrons. The highest BCUT2D eigenvalue weighted by molar-refractivity contribution is 5.82. The third kappa shape index (κ3) is 3.02. The van der Waals surface area contributed by atoms with Gasteiger partial charge in [-0.1, -0.05) is 0 Å². The van der Waals surface area contributed by atoms with E-state index in [4.69, 9.17) is 4.74 Å². The predicted molar refractivity (Wildman–Crippen MR) is 68.2 cm³/mol. The maximum absolute atomic E-state index is 12.3. The largest absolute Gasteiger partial charge is 0.393 e. The molecule has 2 aliphatic heterocycles. The molecule has 2 N–H and O–H groups in total. The summed E-state index contributed by atoms with van der Waals surface area (Å²) in [6.07, 6.45) is 2.48. The fourth-order valence-electron chi connectivity index (χ4n) is 2.89. The number of carbonyl (C=O) groups excluding carboxylic acids is 1. The number of rotatable bonds is 3. The molecule has 2 heterocycles. The Morgan fingerprint density at radius 2 is 2.11 bits per heavy atom. The molecule has 0 bridgehead atoms. The van der Waals surface area contributed by atoms with Gasteiger partial charge in [0.05, 0.1) is 18.2 Å². The number of hydrogen-bond acceptors (Lipinski definition) is 4. The number of likely N-dealkylation sites (tertiary alicyclic amines) is 1. The second kappa shape index (κ2) is 5.99. The Hall–Kier alpha value is -0.650. The van der Waals surface area contributed by atoms with Crippen molar-refractivity contribution >= 4 is 5.91 Å². The van der Waals surface area contributed by atoms with E-state index in [1.165, 1.54) is 0 Å². The summed E-state index contributed by atoms with van der Waals surface area (Å²) in [5.41, 5.74) is 0. The van der Waals surface area contributed by atoms with E-state index in [0.29, 0.717) is 5.92 Å². The molecule has 0 saturated carbocycles. The number of nitrogens with zero attached hydrogens (tertiary/aromatic N) is 1. The molecule has 1 amide bonds. The van der Waals surface area contributed by atoms with Crippen molar-refractivity contribution in [1.29, 1.82) is 0 Å². The van der Waals surface area contributed by atoms with Crippen molar-refractivity contribution in [2.24, 2.45) is 5.92 Å². The Morgan fingerprint density at radius 1 is 1.44 bits per heavy atom. The van der Waals surface area contributed by atoms with Crippen LogP contribution in [0.5, 0.6) is 0 Å². The van der Waals surface area contributed by atoms with E-state index < -0.39 is 0 Å². The first kappa shape index (κ1) is 13.8. The van der Waals surface area contributed by atoms with Gasteiger partial charge in [0.1, 0.15) is 0 Å². The highest BCUT2D eigenvalue weighted by Gasteiger charge is 2.34. The van der Waals surface area contributed by atoms with E-state index in [9.17, 15) is 9.90 Å². The van der Waals surface area contributed by atoms with Crippen LogP contribution in [0.3, 0.4) is 0 Å². The van der Waals surface area contributed by atoms with Crippen LogP contribution in [-0.4, -0.2) is 60.9 Å². The molecule has 104 valence electrons. The van der Waals surface area contributed by atoms with Crippen molar-refractivity contribution in [2.75, 3.05) is 26.7 Å². The Labute approximate surface area is 108 Å². The number of amides is 1. The lowest BCUT2D eigenvalue weighted by molar-refractivity contribution is -0.135. The molecule has 5 heteroatoms. The highest BCUT2D eigenvalue weighted by Crippen LogP contribution is 2.22. The van der Waals surface area contributed by atoms with Gasteiger partial charge in [0.15, 0.2) is 0 Å². The lowest BCUT2D eigenvalue weighted by Gasteiger charge is -2.34. The third-order valence-electron chi connectivity index (χ3n) is 4.26. The molecule has 0 aliphatic carbocycles. The van der Waals surface area contributed by atoms with E-state index in [2.05, 4.69) is 5.32 Å². The highest BCUT2D eigenvalue weighted by atomic mass is 16.5. The summed E-state index contributed by atoms with van der Waals surface area (Å²) in [5.74, 6) is 0.538. The maximum atomic E-state index is 12.3. The fourth-order valence-corrected chi connectivity index (χ4v) is 2.89. The van der Waals surface area contributed by atoms with Crippen LogP contribution in [0.4, 0.5) is 0 Å². The molecule has 0 aromatic carbocycles. The zero-order valence-electron chi connectivity index (χ0n) is 11.3. The Kier molecular flexibility index (Phi) is 4.59. The average Bonchev–Trinajstić information content (AvgIpc) is 2.86. The molecular formula is C13H24N2O3. The second-order valence-corrected chi connectivity index (χ2v) is 5.46. The zero-order valence-corrected chi connectivity index (χ0v) is 11.3. The lowest BCUT2D eigenvalue weighted by Crippen LogP contribution is -2.47. The number of carbonyl (C=O) groups is 1. The number of hydrogen-bond donors (Lipinski definition) is 2. The Balaban J connectivity index is 1.81. The van der Waals surface area contributed by atoms with E-state index >= 15 is 0 Å². The van der Waals surface area contributed by atoms with Gasteiger partial charge in [0.25, 0.3) is 0 Å². The first-order valence-corrected chi connectivity index (χ1v) is 6.85. The zero-order chi connectivity index (χ0) is 13.1. The monoisotopic (exact) mass is 256 g/mol. The van der Waals surface area contributed by atoms with Crippen molar-refractivity contribution in [1.82, 2.24) is 10.2 Å². The molecule has 2 saturated heterocycles. The van der Waals surface area contributed by atoms with Gasteiger partial charge in [-0.05, 0) is 32.1 Å². The van der Waals surface area contributed by atoms with E-state index in [0.717, 1.165) is 38.9 Å². The van der Waals surface area contributed by atoms with Gasteiger partial charge in [0.2, 0.25) is 5.91 Å². The van der Waals surface area contributed by atoms with Crippen LogP contribution < -0.4 is 5.32 Å². The predicted octanol–water partition coefficient (Wildman–Crippen LogP) is -0.0173. The molecule has 3 atom stereocenters. The van der Waals surface area contributed by atoms with Gasteiger partial charge < -0.3 is 20.1 Å². The quantitative estimate of drug-likeness (QED) is 0.745. The summed E-state index contributed by atoms with van der Waals surface area (Å²) < 4.78 is 5.26. The number of aliphatic hydroxyl groups is 1. The van der Waals surface area contributed by atoms with Crippen LogP contribution in [-0.2, 0) is 9.53 Å². The van der Waals surface area contributed by atoms with E-state index in [1.807, 2.05) is 11.8 Å². The number of nitrogens with one attached hydrogen (secondary N) is 1. The van der Waals surface area contributed by atoms with Crippen LogP contribution in [0.1, 0.15) is 26.2 Å². The van der Waals surface area contributed by atoms with Crippen LogP contribution >= 0.6 is 0 Å². The normalized spacial score (nSPS) is 31.6.